The van der Waals surface area contributed by atoms with E-state index in [1.165, 1.54) is 0 Å². The third-order valence-corrected chi connectivity index (χ3v) is 8.33. The molecule has 0 aliphatic carbocycles. The van der Waals surface area contributed by atoms with Gasteiger partial charge in [-0.3, -0.25) is 14.6 Å². The van der Waals surface area contributed by atoms with Crippen molar-refractivity contribution >= 4 is 11.9 Å². The van der Waals surface area contributed by atoms with Crippen LogP contribution in [0.3, 0.4) is 0 Å². The Kier molecular flexibility index (Phi) is 12.2. The van der Waals surface area contributed by atoms with Crippen LogP contribution >= 0.6 is 0 Å². The summed E-state index contributed by atoms with van der Waals surface area (Å²) in [5.41, 5.74) is 6.92. The quantitative estimate of drug-likeness (QED) is 0.149. The number of rotatable bonds is 15. The summed E-state index contributed by atoms with van der Waals surface area (Å²) in [6.07, 6.45) is 3.13. The Hall–Kier alpha value is -4.41. The van der Waals surface area contributed by atoms with Gasteiger partial charge in [-0.2, -0.15) is 0 Å². The van der Waals surface area contributed by atoms with E-state index in [0.717, 1.165) is 58.6 Å². The first-order valence-electron chi connectivity index (χ1n) is 16.1. The number of hydrogen-bond donors (Lipinski definition) is 3. The molecule has 9 heteroatoms. The lowest BCUT2D eigenvalue weighted by Crippen LogP contribution is -2.38. The predicted octanol–water partition coefficient (Wildman–Crippen LogP) is 5.83. The molecule has 1 fully saturated rings. The topological polar surface area (TPSA) is 121 Å². The van der Waals surface area contributed by atoms with E-state index in [1.807, 2.05) is 85.1 Å². The lowest BCUT2D eigenvalue weighted by atomic mass is 9.99. The van der Waals surface area contributed by atoms with Crippen molar-refractivity contribution in [3.63, 3.8) is 0 Å². The molecule has 3 N–H and O–H groups in total. The van der Waals surface area contributed by atoms with Gasteiger partial charge in [-0.15, -0.1) is 0 Å². The molecule has 1 saturated heterocycles. The van der Waals surface area contributed by atoms with Crippen molar-refractivity contribution in [2.75, 3.05) is 20.1 Å². The van der Waals surface area contributed by atoms with Crippen LogP contribution in [0.25, 0.3) is 11.1 Å². The van der Waals surface area contributed by atoms with E-state index in [9.17, 15) is 14.7 Å². The van der Waals surface area contributed by atoms with Gasteiger partial charge in [0.2, 0.25) is 5.91 Å². The summed E-state index contributed by atoms with van der Waals surface area (Å²) in [7, 11) is 2.11. The first kappa shape index (κ1) is 33.9. The molecule has 1 aliphatic heterocycles. The molecule has 4 aromatic rings. The molecule has 3 aromatic carbocycles. The Morgan fingerprint density at radius 1 is 0.894 bits per heavy atom. The second-order valence-corrected chi connectivity index (χ2v) is 12.0. The number of carbonyl (C=O) groups excluding carboxylic acids is 1. The predicted molar refractivity (Wildman–Crippen MR) is 179 cm³/mol. The molecule has 9 nitrogen and oxygen atoms in total. The molecule has 246 valence electrons. The fraction of sp³-hybridized carbons (Fsp3) is 0.342. The van der Waals surface area contributed by atoms with Gasteiger partial charge in [-0.25, -0.2) is 0 Å². The maximum Gasteiger partial charge on any atom is 0.303 e. The van der Waals surface area contributed by atoms with Crippen LogP contribution in [-0.4, -0.2) is 58.2 Å². The van der Waals surface area contributed by atoms with Crippen molar-refractivity contribution in [2.45, 2.75) is 63.8 Å². The number of aliphatic hydroxyl groups excluding tert-OH is 1. The molecule has 0 radical (unpaired) electrons. The van der Waals surface area contributed by atoms with E-state index in [2.05, 4.69) is 34.4 Å². The van der Waals surface area contributed by atoms with Crippen LogP contribution in [0.5, 0.6) is 0 Å². The van der Waals surface area contributed by atoms with Crippen LogP contribution in [0.2, 0.25) is 0 Å². The molecule has 1 amide bonds. The van der Waals surface area contributed by atoms with E-state index in [1.54, 1.807) is 0 Å². The normalized spacial score (nSPS) is 17.8. The number of ether oxygens (including phenoxy) is 2. The third kappa shape index (κ3) is 10.3. The molecule has 0 spiro atoms. The molecular formula is C38H43N3O6. The van der Waals surface area contributed by atoms with Gasteiger partial charge in [0.1, 0.15) is 0 Å². The van der Waals surface area contributed by atoms with Crippen LogP contribution in [0.1, 0.15) is 66.0 Å². The molecule has 1 aromatic heterocycles. The Balaban J connectivity index is 1.25. The number of benzene rings is 3. The maximum atomic E-state index is 12.1. The van der Waals surface area contributed by atoms with Crippen molar-refractivity contribution in [1.82, 2.24) is 15.2 Å². The summed E-state index contributed by atoms with van der Waals surface area (Å²) >= 11 is 0. The molecule has 5 rings (SSSR count). The molecule has 3 atom stereocenters. The van der Waals surface area contributed by atoms with Gasteiger partial charge in [-0.1, -0.05) is 72.8 Å². The van der Waals surface area contributed by atoms with E-state index in [-0.39, 0.29) is 37.6 Å². The number of pyridine rings is 1. The average Bonchev–Trinajstić information content (AvgIpc) is 3.10. The highest BCUT2D eigenvalue weighted by Gasteiger charge is 2.32. The Labute approximate surface area is 276 Å². The largest absolute Gasteiger partial charge is 0.481 e. The van der Waals surface area contributed by atoms with Gasteiger partial charge in [0.25, 0.3) is 0 Å². The molecule has 0 bridgehead atoms. The van der Waals surface area contributed by atoms with Crippen molar-refractivity contribution in [1.29, 1.82) is 0 Å². The second kappa shape index (κ2) is 16.9. The fourth-order valence-electron chi connectivity index (χ4n) is 5.71. The zero-order chi connectivity index (χ0) is 33.0. The summed E-state index contributed by atoms with van der Waals surface area (Å²) in [5, 5.41) is 21.2. The average molecular weight is 638 g/mol. The van der Waals surface area contributed by atoms with E-state index in [0.29, 0.717) is 19.4 Å². The number of amides is 1. The van der Waals surface area contributed by atoms with Gasteiger partial charge in [0, 0.05) is 62.8 Å². The SMILES string of the molecule is CN(CCc1ccccn1)C[C@H]1C[C@@H](c2ccc(CO)cc2)O[C@@H](c2ccc(-c3cccc(CNC(=O)CCCC(=O)O)c3)cc2)O1. The summed E-state index contributed by atoms with van der Waals surface area (Å²) in [5.74, 6) is -1.06. The Morgan fingerprint density at radius 3 is 2.40 bits per heavy atom. The number of aliphatic hydroxyl groups is 1. The number of nitrogens with one attached hydrogen (secondary N) is 1. The van der Waals surface area contributed by atoms with Gasteiger partial charge in [0.05, 0.1) is 18.8 Å². The molecule has 0 unspecified atom stereocenters. The van der Waals surface area contributed by atoms with Crippen LogP contribution in [0.15, 0.2) is 97.2 Å². The number of aliphatic carboxylic acids is 1. The first-order valence-corrected chi connectivity index (χ1v) is 16.1. The van der Waals surface area contributed by atoms with Crippen molar-refractivity contribution < 1.29 is 29.3 Å². The van der Waals surface area contributed by atoms with E-state index >= 15 is 0 Å². The summed E-state index contributed by atoms with van der Waals surface area (Å²) in [6.45, 7) is 1.99. The van der Waals surface area contributed by atoms with Crippen LogP contribution in [0.4, 0.5) is 0 Å². The summed E-state index contributed by atoms with van der Waals surface area (Å²) < 4.78 is 13.1. The first-order chi connectivity index (χ1) is 22.9. The van der Waals surface area contributed by atoms with Crippen LogP contribution in [-0.2, 0) is 38.6 Å². The molecule has 0 saturated carbocycles. The fourth-order valence-corrected chi connectivity index (χ4v) is 5.71. The molecule has 2 heterocycles. The molecule has 1 aliphatic rings. The lowest BCUT2D eigenvalue weighted by molar-refractivity contribution is -0.252. The molecular weight excluding hydrogens is 594 g/mol. The zero-order valence-electron chi connectivity index (χ0n) is 26.8. The lowest BCUT2D eigenvalue weighted by Gasteiger charge is -2.38. The number of carbonyl (C=O) groups is 2. The van der Waals surface area contributed by atoms with Crippen molar-refractivity contribution in [3.8, 4) is 11.1 Å². The van der Waals surface area contributed by atoms with Crippen LogP contribution in [0, 0.1) is 0 Å². The summed E-state index contributed by atoms with van der Waals surface area (Å²) in [6, 6.07) is 30.1. The number of nitrogens with zero attached hydrogens (tertiary/aromatic N) is 2. The minimum atomic E-state index is -0.897. The highest BCUT2D eigenvalue weighted by atomic mass is 16.7. The molecule has 47 heavy (non-hydrogen) atoms. The Bertz CT molecular complexity index is 1580. The van der Waals surface area contributed by atoms with Gasteiger partial charge >= 0.3 is 5.97 Å². The number of carboxylic acids is 1. The number of aromatic nitrogens is 1. The standard InChI is InChI=1S/C38H43N3O6/c1-41(21-19-33-8-2-3-20-39-33)25-34-23-35(30-13-11-27(26-42)12-14-30)47-38(46-34)31-17-15-29(16-18-31)32-7-4-6-28(22-32)24-40-36(43)9-5-10-37(44)45/h2-4,6-8,11-18,20,22,34-35,38,42H,5,9-10,19,21,23-26H2,1H3,(H,40,43)(H,44,45)/t34-,35+,38+/m1/s1. The highest BCUT2D eigenvalue weighted by Crippen LogP contribution is 2.38. The second-order valence-electron chi connectivity index (χ2n) is 12.0. The van der Waals surface area contributed by atoms with Crippen molar-refractivity contribution in [3.05, 3.63) is 125 Å². The number of carboxylic acid groups (broad SMARTS) is 1. The number of hydrogen-bond acceptors (Lipinski definition) is 7. The van der Waals surface area contributed by atoms with Gasteiger partial charge in [0.15, 0.2) is 6.29 Å². The van der Waals surface area contributed by atoms with Gasteiger partial charge in [-0.05, 0) is 59.5 Å². The third-order valence-electron chi connectivity index (χ3n) is 8.33. The minimum absolute atomic E-state index is 0.000276. The van der Waals surface area contributed by atoms with E-state index < -0.39 is 12.3 Å². The van der Waals surface area contributed by atoms with Crippen LogP contribution < -0.4 is 5.32 Å². The maximum absolute atomic E-state index is 12.1. The monoisotopic (exact) mass is 637 g/mol. The summed E-state index contributed by atoms with van der Waals surface area (Å²) in [4.78, 5) is 29.5. The number of likely N-dealkylation sites (N-methyl/N-ethyl adjacent to an activating group) is 1. The smallest absolute Gasteiger partial charge is 0.303 e. The van der Waals surface area contributed by atoms with Crippen molar-refractivity contribution in [2.24, 2.45) is 0 Å². The van der Waals surface area contributed by atoms with Gasteiger partial charge < -0.3 is 29.9 Å². The zero-order valence-corrected chi connectivity index (χ0v) is 26.8. The minimum Gasteiger partial charge on any atom is -0.481 e. The highest BCUT2D eigenvalue weighted by molar-refractivity contribution is 5.76. The Morgan fingerprint density at radius 2 is 1.68 bits per heavy atom. The van der Waals surface area contributed by atoms with E-state index in [4.69, 9.17) is 14.6 Å².